The van der Waals surface area contributed by atoms with Gasteiger partial charge in [0.25, 0.3) is 0 Å². The molecule has 0 radical (unpaired) electrons. The maximum Gasteiger partial charge on any atom is 0.153 e. The van der Waals surface area contributed by atoms with E-state index in [0.29, 0.717) is 24.0 Å². The first kappa shape index (κ1) is 16.4. The summed E-state index contributed by atoms with van der Waals surface area (Å²) in [6.45, 7) is 5.74. The molecule has 3 rings (SSSR count). The van der Waals surface area contributed by atoms with Crippen LogP contribution in [0.4, 0.5) is 0 Å². The highest BCUT2D eigenvalue weighted by Crippen LogP contribution is 2.59. The van der Waals surface area contributed by atoms with Gasteiger partial charge in [0.05, 0.1) is 18.8 Å². The van der Waals surface area contributed by atoms with Crippen LogP contribution in [-0.2, 0) is 0 Å². The summed E-state index contributed by atoms with van der Waals surface area (Å²) in [4.78, 5) is 11.6. The smallest absolute Gasteiger partial charge is 0.153 e. The Labute approximate surface area is 139 Å². The Hall–Kier alpha value is -1.51. The highest BCUT2D eigenvalue weighted by atomic mass is 16.5. The van der Waals surface area contributed by atoms with Crippen LogP contribution in [0, 0.1) is 0 Å². The third kappa shape index (κ3) is 3.11. The van der Waals surface area contributed by atoms with Crippen LogP contribution in [0.1, 0.15) is 92.1 Å². The van der Waals surface area contributed by atoms with Crippen LogP contribution in [0.15, 0.2) is 6.07 Å². The van der Waals surface area contributed by atoms with E-state index in [-0.39, 0.29) is 0 Å². The largest absolute Gasteiger partial charge is 0.493 e. The first-order valence-electron chi connectivity index (χ1n) is 9.21. The van der Waals surface area contributed by atoms with Crippen LogP contribution < -0.4 is 9.47 Å². The van der Waals surface area contributed by atoms with E-state index < -0.39 is 0 Å². The Morgan fingerprint density at radius 3 is 2.35 bits per heavy atom. The van der Waals surface area contributed by atoms with E-state index in [4.69, 9.17) is 9.47 Å². The molecule has 0 amide bonds. The Morgan fingerprint density at radius 1 is 1.04 bits per heavy atom. The number of unbranched alkanes of at least 4 members (excludes halogenated alkanes) is 2. The molecule has 1 fully saturated rings. The molecule has 0 saturated heterocycles. The van der Waals surface area contributed by atoms with Crippen LogP contribution in [0.3, 0.4) is 0 Å². The summed E-state index contributed by atoms with van der Waals surface area (Å²) in [6, 6.07) is 1.92. The monoisotopic (exact) mass is 316 g/mol. The maximum absolute atomic E-state index is 11.6. The Kier molecular flexibility index (Phi) is 5.24. The van der Waals surface area contributed by atoms with Gasteiger partial charge in [-0.15, -0.1) is 0 Å². The average Bonchev–Trinajstić information content (AvgIpc) is 3.18. The van der Waals surface area contributed by atoms with Crippen LogP contribution >= 0.6 is 0 Å². The van der Waals surface area contributed by atoms with Crippen molar-refractivity contribution < 1.29 is 14.3 Å². The van der Waals surface area contributed by atoms with Crippen molar-refractivity contribution in [2.45, 2.75) is 70.6 Å². The number of carbonyl (C=O) groups excluding carboxylic acids is 1. The molecule has 0 aliphatic heterocycles. The second-order valence-corrected chi connectivity index (χ2v) is 6.85. The number of aldehydes is 1. The van der Waals surface area contributed by atoms with Crippen LogP contribution in [0.2, 0.25) is 0 Å². The Bertz CT molecular complexity index is 564. The van der Waals surface area contributed by atoms with E-state index in [1.807, 2.05) is 6.07 Å². The molecule has 1 aromatic carbocycles. The van der Waals surface area contributed by atoms with Gasteiger partial charge in [0.15, 0.2) is 6.29 Å². The molecule has 0 spiro atoms. The summed E-state index contributed by atoms with van der Waals surface area (Å²) < 4.78 is 12.1. The molecule has 2 bridgehead atoms. The molecule has 3 nitrogen and oxygen atoms in total. The van der Waals surface area contributed by atoms with Gasteiger partial charge in [-0.25, -0.2) is 0 Å². The Balaban J connectivity index is 1.96. The number of carbonyl (C=O) groups is 1. The molecule has 2 unspecified atom stereocenters. The van der Waals surface area contributed by atoms with E-state index in [0.717, 1.165) is 50.1 Å². The number of benzene rings is 1. The Morgan fingerprint density at radius 2 is 1.70 bits per heavy atom. The van der Waals surface area contributed by atoms with Gasteiger partial charge in [-0.3, -0.25) is 4.79 Å². The average molecular weight is 316 g/mol. The van der Waals surface area contributed by atoms with Gasteiger partial charge in [-0.1, -0.05) is 26.7 Å². The molecule has 23 heavy (non-hydrogen) atoms. The first-order valence-corrected chi connectivity index (χ1v) is 9.21. The van der Waals surface area contributed by atoms with Gasteiger partial charge >= 0.3 is 0 Å². The highest BCUT2D eigenvalue weighted by molar-refractivity contribution is 5.83. The minimum absolute atomic E-state index is 0.556. The fraction of sp³-hybridized carbons (Fsp3) is 0.650. The minimum atomic E-state index is 0.556. The predicted octanol–water partition coefficient (Wildman–Crippen LogP) is 5.22. The zero-order valence-electron chi connectivity index (χ0n) is 14.4. The fourth-order valence-corrected chi connectivity index (χ4v) is 4.04. The molecule has 2 aliphatic carbocycles. The first-order chi connectivity index (χ1) is 11.3. The van der Waals surface area contributed by atoms with Crippen molar-refractivity contribution >= 4 is 6.29 Å². The zero-order chi connectivity index (χ0) is 16.2. The van der Waals surface area contributed by atoms with E-state index >= 15 is 0 Å². The second-order valence-electron chi connectivity index (χ2n) is 6.85. The van der Waals surface area contributed by atoms with Crippen molar-refractivity contribution in [1.29, 1.82) is 0 Å². The molecule has 0 aromatic heterocycles. The van der Waals surface area contributed by atoms with Crippen molar-refractivity contribution in [3.05, 3.63) is 22.8 Å². The maximum atomic E-state index is 11.6. The van der Waals surface area contributed by atoms with Gasteiger partial charge in [0, 0.05) is 11.1 Å². The van der Waals surface area contributed by atoms with Crippen LogP contribution in [-0.4, -0.2) is 19.5 Å². The standard InChI is InChI=1S/C20H28O3/c1-3-5-9-22-17-12-16(13-21)20(23-10-6-4-2)19-15-8-7-14(11-15)18(17)19/h12-15H,3-11H2,1-2H3. The molecule has 0 N–H and O–H groups in total. The molecule has 2 aliphatic rings. The number of rotatable bonds is 9. The predicted molar refractivity (Wildman–Crippen MR) is 92.0 cm³/mol. The van der Waals surface area contributed by atoms with Crippen molar-refractivity contribution in [3.8, 4) is 11.5 Å². The molecule has 0 heterocycles. The zero-order valence-corrected chi connectivity index (χ0v) is 14.4. The lowest BCUT2D eigenvalue weighted by Crippen LogP contribution is -2.10. The molecule has 126 valence electrons. The summed E-state index contributed by atoms with van der Waals surface area (Å²) in [7, 11) is 0. The van der Waals surface area contributed by atoms with Crippen LogP contribution in [0.5, 0.6) is 11.5 Å². The van der Waals surface area contributed by atoms with Gasteiger partial charge in [-0.05, 0) is 50.0 Å². The molecular weight excluding hydrogens is 288 g/mol. The van der Waals surface area contributed by atoms with Crippen LogP contribution in [0.25, 0.3) is 0 Å². The van der Waals surface area contributed by atoms with Gasteiger partial charge in [-0.2, -0.15) is 0 Å². The summed E-state index contributed by atoms with van der Waals surface area (Å²) >= 11 is 0. The SMILES string of the molecule is CCCCOc1cc(C=O)c(OCCCC)c2c1C1CCC2C1. The minimum Gasteiger partial charge on any atom is -0.493 e. The molecule has 2 atom stereocenters. The van der Waals surface area contributed by atoms with E-state index in [1.165, 1.54) is 30.4 Å². The topological polar surface area (TPSA) is 35.5 Å². The molecule has 1 saturated carbocycles. The highest BCUT2D eigenvalue weighted by Gasteiger charge is 2.42. The second kappa shape index (κ2) is 7.37. The number of fused-ring (bicyclic) bond motifs is 5. The van der Waals surface area contributed by atoms with E-state index in [1.54, 1.807) is 0 Å². The van der Waals surface area contributed by atoms with Crippen molar-refractivity contribution in [2.75, 3.05) is 13.2 Å². The van der Waals surface area contributed by atoms with Gasteiger partial charge in [0.2, 0.25) is 0 Å². The number of ether oxygens (including phenoxy) is 2. The summed E-state index contributed by atoms with van der Waals surface area (Å²) in [5.41, 5.74) is 3.29. The molecule has 3 heteroatoms. The van der Waals surface area contributed by atoms with E-state index in [9.17, 15) is 4.79 Å². The number of hydrogen-bond donors (Lipinski definition) is 0. The normalized spacial score (nSPS) is 21.3. The van der Waals surface area contributed by atoms with Crippen molar-refractivity contribution in [2.24, 2.45) is 0 Å². The summed E-state index contributed by atoms with van der Waals surface area (Å²) in [5, 5.41) is 0. The van der Waals surface area contributed by atoms with Crippen molar-refractivity contribution in [1.82, 2.24) is 0 Å². The third-order valence-corrected chi connectivity index (χ3v) is 5.22. The summed E-state index contributed by atoms with van der Waals surface area (Å²) in [5.74, 6) is 2.94. The third-order valence-electron chi connectivity index (χ3n) is 5.22. The van der Waals surface area contributed by atoms with E-state index in [2.05, 4.69) is 13.8 Å². The lowest BCUT2D eigenvalue weighted by molar-refractivity contribution is 0.111. The van der Waals surface area contributed by atoms with Gasteiger partial charge < -0.3 is 9.47 Å². The number of hydrogen-bond acceptors (Lipinski definition) is 3. The lowest BCUT2D eigenvalue weighted by Gasteiger charge is -2.24. The molecule has 1 aromatic rings. The van der Waals surface area contributed by atoms with Crippen molar-refractivity contribution in [3.63, 3.8) is 0 Å². The fourth-order valence-electron chi connectivity index (χ4n) is 4.04. The molecular formula is C20H28O3. The van der Waals surface area contributed by atoms with Gasteiger partial charge in [0.1, 0.15) is 11.5 Å². The quantitative estimate of drug-likeness (QED) is 0.463. The summed E-state index contributed by atoms with van der Waals surface area (Å²) in [6.07, 6.45) is 8.89. The lowest BCUT2D eigenvalue weighted by atomic mass is 9.88.